The molecular formula is C28H32N4O2. The van der Waals surface area contributed by atoms with Gasteiger partial charge in [0.15, 0.2) is 0 Å². The summed E-state index contributed by atoms with van der Waals surface area (Å²) in [5.41, 5.74) is 10.6. The third-order valence-electron chi connectivity index (χ3n) is 7.41. The molecule has 34 heavy (non-hydrogen) atoms. The molecule has 2 aliphatic carbocycles. The van der Waals surface area contributed by atoms with E-state index < -0.39 is 0 Å². The lowest BCUT2D eigenvalue weighted by Gasteiger charge is -2.42. The predicted molar refractivity (Wildman–Crippen MR) is 135 cm³/mol. The van der Waals surface area contributed by atoms with Crippen LogP contribution in [0.15, 0.2) is 59.4 Å². The molecule has 176 valence electrons. The molecule has 0 radical (unpaired) electrons. The third kappa shape index (κ3) is 4.13. The molecule has 1 amide bonds. The summed E-state index contributed by atoms with van der Waals surface area (Å²) in [5, 5.41) is 0. The van der Waals surface area contributed by atoms with Crippen LogP contribution < -0.4 is 16.4 Å². The topological polar surface area (TPSA) is 76.0 Å². The molecule has 0 unspecified atom stereocenters. The van der Waals surface area contributed by atoms with Crippen LogP contribution in [-0.2, 0) is 29.6 Å². The number of anilines is 1. The highest BCUT2D eigenvalue weighted by atomic mass is 16.2. The van der Waals surface area contributed by atoms with E-state index >= 15 is 0 Å². The van der Waals surface area contributed by atoms with Crippen molar-refractivity contribution in [3.8, 4) is 11.3 Å². The largest absolute Gasteiger partial charge is 0.277 e. The zero-order valence-corrected chi connectivity index (χ0v) is 19.8. The number of carbonyl (C=O) groups is 1. The van der Waals surface area contributed by atoms with E-state index in [-0.39, 0.29) is 16.9 Å². The van der Waals surface area contributed by atoms with Gasteiger partial charge in [0.2, 0.25) is 11.9 Å². The Hall–Kier alpha value is -3.41. The number of hydrogen-bond acceptors (Lipinski definition) is 4. The number of rotatable bonds is 6. The highest BCUT2D eigenvalue weighted by molar-refractivity contribution is 5.77. The van der Waals surface area contributed by atoms with Crippen LogP contribution in [0.3, 0.4) is 0 Å². The standard InChI is InChI=1S/C28H32N4O2/c1-2-23(33)30-31-27-29-25-22-14-8-7-13-21(22)19-28(16-9-4-10-17-28)24(25)26(34)32(27)18-15-20-11-5-3-6-12-20/h3,5-8,11-14H,2,4,9-10,15-19H2,1H3,(H,29,31)(H,30,33). The van der Waals surface area contributed by atoms with Crippen LogP contribution in [0, 0.1) is 0 Å². The first-order valence-corrected chi connectivity index (χ1v) is 12.4. The number of aryl methyl sites for hydroxylation is 1. The molecule has 5 rings (SSSR count). The maximum absolute atomic E-state index is 14.2. The van der Waals surface area contributed by atoms with Crippen LogP contribution in [-0.4, -0.2) is 15.5 Å². The van der Waals surface area contributed by atoms with Crippen LogP contribution in [0.4, 0.5) is 5.95 Å². The van der Waals surface area contributed by atoms with Crippen molar-refractivity contribution in [2.24, 2.45) is 0 Å². The average Bonchev–Trinajstić information content (AvgIpc) is 2.87. The lowest BCUT2D eigenvalue weighted by molar-refractivity contribution is -0.120. The smallest absolute Gasteiger partial charge is 0.259 e. The Morgan fingerprint density at radius 2 is 1.76 bits per heavy atom. The van der Waals surface area contributed by atoms with Crippen molar-refractivity contribution in [1.82, 2.24) is 15.0 Å². The summed E-state index contributed by atoms with van der Waals surface area (Å²) in [6, 6.07) is 18.5. The van der Waals surface area contributed by atoms with E-state index in [4.69, 9.17) is 4.98 Å². The second kappa shape index (κ2) is 9.45. The lowest BCUT2D eigenvalue weighted by atomic mass is 9.62. The van der Waals surface area contributed by atoms with Crippen molar-refractivity contribution in [3.05, 3.63) is 81.6 Å². The minimum atomic E-state index is -0.161. The Balaban J connectivity index is 1.65. The molecule has 2 N–H and O–H groups in total. The normalized spacial score (nSPS) is 15.9. The number of fused-ring (bicyclic) bond motifs is 4. The molecule has 0 atom stereocenters. The fourth-order valence-electron chi connectivity index (χ4n) is 5.64. The second-order valence-electron chi connectivity index (χ2n) is 9.55. The van der Waals surface area contributed by atoms with Crippen LogP contribution in [0.1, 0.15) is 62.1 Å². The molecule has 2 aliphatic rings. The number of benzene rings is 2. The van der Waals surface area contributed by atoms with Gasteiger partial charge >= 0.3 is 0 Å². The SMILES string of the molecule is CCC(=O)NNc1nc2c(c(=O)n1CCc1ccccc1)C1(CCCCC1)Cc1ccccc1-2. The number of nitrogens with zero attached hydrogens (tertiary/aromatic N) is 2. The number of amides is 1. The van der Waals surface area contributed by atoms with E-state index in [1.807, 2.05) is 24.3 Å². The molecule has 0 bridgehead atoms. The molecule has 6 nitrogen and oxygen atoms in total. The first-order chi connectivity index (χ1) is 16.6. The highest BCUT2D eigenvalue weighted by Crippen LogP contribution is 2.48. The van der Waals surface area contributed by atoms with Crippen molar-refractivity contribution >= 4 is 11.9 Å². The third-order valence-corrected chi connectivity index (χ3v) is 7.41. The number of hydrazine groups is 1. The molecule has 0 aliphatic heterocycles. The Morgan fingerprint density at radius 3 is 2.53 bits per heavy atom. The van der Waals surface area contributed by atoms with Gasteiger partial charge in [-0.15, -0.1) is 0 Å². The van der Waals surface area contributed by atoms with Crippen LogP contribution in [0.5, 0.6) is 0 Å². The van der Waals surface area contributed by atoms with Gasteiger partial charge in [0, 0.05) is 23.9 Å². The molecule has 2 aromatic carbocycles. The summed E-state index contributed by atoms with van der Waals surface area (Å²) in [4.78, 5) is 31.2. The summed E-state index contributed by atoms with van der Waals surface area (Å²) in [5.74, 6) is 0.245. The van der Waals surface area contributed by atoms with Crippen molar-refractivity contribution in [3.63, 3.8) is 0 Å². The molecular weight excluding hydrogens is 424 g/mol. The highest BCUT2D eigenvalue weighted by Gasteiger charge is 2.43. The van der Waals surface area contributed by atoms with Gasteiger partial charge < -0.3 is 0 Å². The van der Waals surface area contributed by atoms with Gasteiger partial charge in [-0.1, -0.05) is 80.8 Å². The molecule has 1 fully saturated rings. The monoisotopic (exact) mass is 456 g/mol. The number of aromatic nitrogens is 2. The summed E-state index contributed by atoms with van der Waals surface area (Å²) < 4.78 is 1.73. The summed E-state index contributed by atoms with van der Waals surface area (Å²) >= 11 is 0. The van der Waals surface area contributed by atoms with Crippen LogP contribution in [0.2, 0.25) is 0 Å². The van der Waals surface area contributed by atoms with E-state index in [9.17, 15) is 9.59 Å². The maximum Gasteiger partial charge on any atom is 0.259 e. The van der Waals surface area contributed by atoms with E-state index in [1.54, 1.807) is 11.5 Å². The Morgan fingerprint density at radius 1 is 1.03 bits per heavy atom. The summed E-state index contributed by atoms with van der Waals surface area (Å²) in [7, 11) is 0. The van der Waals surface area contributed by atoms with Gasteiger partial charge in [-0.25, -0.2) is 4.98 Å². The number of carbonyl (C=O) groups excluding carboxylic acids is 1. The summed E-state index contributed by atoms with van der Waals surface area (Å²) in [6.45, 7) is 2.29. The molecule has 1 heterocycles. The van der Waals surface area contributed by atoms with Gasteiger partial charge in [-0.05, 0) is 36.8 Å². The van der Waals surface area contributed by atoms with E-state index in [1.165, 1.54) is 12.0 Å². The Labute approximate surface area is 200 Å². The zero-order chi connectivity index (χ0) is 23.5. The van der Waals surface area contributed by atoms with Gasteiger partial charge in [0.05, 0.1) is 11.3 Å². The quantitative estimate of drug-likeness (QED) is 0.524. The van der Waals surface area contributed by atoms with Crippen molar-refractivity contribution in [2.45, 2.75) is 70.3 Å². The van der Waals surface area contributed by atoms with Crippen LogP contribution >= 0.6 is 0 Å². The molecule has 1 aromatic heterocycles. The first kappa shape index (κ1) is 22.4. The fraction of sp³-hybridized carbons (Fsp3) is 0.393. The number of nitrogens with one attached hydrogen (secondary N) is 2. The fourth-order valence-corrected chi connectivity index (χ4v) is 5.64. The maximum atomic E-state index is 14.2. The molecule has 0 saturated heterocycles. The van der Waals surface area contributed by atoms with Gasteiger partial charge in [-0.3, -0.25) is 25.0 Å². The van der Waals surface area contributed by atoms with Gasteiger partial charge in [0.1, 0.15) is 0 Å². The Bertz CT molecular complexity index is 1240. The lowest BCUT2D eigenvalue weighted by Crippen LogP contribution is -2.44. The van der Waals surface area contributed by atoms with Crippen molar-refractivity contribution in [2.75, 3.05) is 5.43 Å². The second-order valence-corrected chi connectivity index (χ2v) is 9.55. The number of hydrogen-bond donors (Lipinski definition) is 2. The summed E-state index contributed by atoms with van der Waals surface area (Å²) in [6.07, 6.45) is 7.48. The average molecular weight is 457 g/mol. The predicted octanol–water partition coefficient (Wildman–Crippen LogP) is 4.76. The minimum absolute atomic E-state index is 0.0191. The molecule has 3 aromatic rings. The minimum Gasteiger partial charge on any atom is -0.277 e. The van der Waals surface area contributed by atoms with Crippen LogP contribution in [0.25, 0.3) is 11.3 Å². The van der Waals surface area contributed by atoms with Gasteiger partial charge in [-0.2, -0.15) is 0 Å². The molecule has 1 saturated carbocycles. The van der Waals surface area contributed by atoms with E-state index in [0.717, 1.165) is 54.5 Å². The Kier molecular flexibility index (Phi) is 6.22. The molecule has 1 spiro atoms. The van der Waals surface area contributed by atoms with Crippen molar-refractivity contribution in [1.29, 1.82) is 0 Å². The molecule has 6 heteroatoms. The van der Waals surface area contributed by atoms with E-state index in [2.05, 4.69) is 41.2 Å². The first-order valence-electron chi connectivity index (χ1n) is 12.4. The van der Waals surface area contributed by atoms with E-state index in [0.29, 0.717) is 25.3 Å². The zero-order valence-electron chi connectivity index (χ0n) is 19.8. The van der Waals surface area contributed by atoms with Gasteiger partial charge in [0.25, 0.3) is 5.56 Å². The van der Waals surface area contributed by atoms with Crippen molar-refractivity contribution < 1.29 is 4.79 Å².